The number of rotatable bonds is 6. The van der Waals surface area contributed by atoms with Gasteiger partial charge in [-0.05, 0) is 33.3 Å². The largest absolute Gasteiger partial charge is 0.466 e. The molecule has 0 fully saturated rings. The van der Waals surface area contributed by atoms with Crippen molar-refractivity contribution in [2.45, 2.75) is 40.2 Å². The van der Waals surface area contributed by atoms with Gasteiger partial charge in [-0.2, -0.15) is 0 Å². The highest BCUT2D eigenvalue weighted by molar-refractivity contribution is 5.96. The van der Waals surface area contributed by atoms with E-state index in [4.69, 9.17) is 8.94 Å². The molecule has 8 nitrogen and oxygen atoms in total. The SMILES string of the molecule is CCC(NNC(=O)c1cc(C)oc1C)C(=O)Nc1cc(C)on1. The highest BCUT2D eigenvalue weighted by Gasteiger charge is 2.20. The molecule has 1 unspecified atom stereocenters. The molecule has 0 aromatic carbocycles. The van der Waals surface area contributed by atoms with Crippen molar-refractivity contribution in [3.63, 3.8) is 0 Å². The number of nitrogens with zero attached hydrogens (tertiary/aromatic N) is 1. The summed E-state index contributed by atoms with van der Waals surface area (Å²) in [5.74, 6) is 1.43. The second-order valence-corrected chi connectivity index (χ2v) is 5.20. The van der Waals surface area contributed by atoms with Crippen LogP contribution in [0, 0.1) is 20.8 Å². The number of carbonyl (C=O) groups is 2. The van der Waals surface area contributed by atoms with E-state index in [2.05, 4.69) is 21.3 Å². The third-order valence-electron chi connectivity index (χ3n) is 3.25. The zero-order valence-corrected chi connectivity index (χ0v) is 13.5. The molecule has 0 radical (unpaired) electrons. The second kappa shape index (κ2) is 7.10. The summed E-state index contributed by atoms with van der Waals surface area (Å²) >= 11 is 0. The van der Waals surface area contributed by atoms with Crippen molar-refractivity contribution in [2.24, 2.45) is 0 Å². The summed E-state index contributed by atoms with van der Waals surface area (Å²) in [6, 6.07) is 2.65. The van der Waals surface area contributed by atoms with Gasteiger partial charge in [0.15, 0.2) is 5.82 Å². The Hall–Kier alpha value is -2.61. The summed E-state index contributed by atoms with van der Waals surface area (Å²) in [6.07, 6.45) is 0.479. The van der Waals surface area contributed by atoms with Crippen LogP contribution in [0.25, 0.3) is 0 Å². The average molecular weight is 320 g/mol. The molecule has 2 rings (SSSR count). The smallest absolute Gasteiger partial charge is 0.268 e. The van der Waals surface area contributed by atoms with E-state index >= 15 is 0 Å². The number of hydrogen-bond acceptors (Lipinski definition) is 6. The van der Waals surface area contributed by atoms with Gasteiger partial charge in [0.25, 0.3) is 5.91 Å². The molecule has 124 valence electrons. The molecule has 0 aliphatic carbocycles. The van der Waals surface area contributed by atoms with Gasteiger partial charge in [-0.15, -0.1) is 0 Å². The topological polar surface area (TPSA) is 109 Å². The molecule has 23 heavy (non-hydrogen) atoms. The van der Waals surface area contributed by atoms with Crippen molar-refractivity contribution in [1.29, 1.82) is 0 Å². The number of carbonyl (C=O) groups excluding carboxylic acids is 2. The Balaban J connectivity index is 1.92. The normalized spacial score (nSPS) is 12.0. The summed E-state index contributed by atoms with van der Waals surface area (Å²) in [5.41, 5.74) is 5.67. The van der Waals surface area contributed by atoms with Crippen molar-refractivity contribution < 1.29 is 18.5 Å². The third-order valence-corrected chi connectivity index (χ3v) is 3.25. The predicted octanol–water partition coefficient (Wildman–Crippen LogP) is 1.84. The van der Waals surface area contributed by atoms with Gasteiger partial charge in [0, 0.05) is 6.07 Å². The molecule has 0 spiro atoms. The Labute approximate surface area is 133 Å². The van der Waals surface area contributed by atoms with Crippen LogP contribution in [-0.4, -0.2) is 23.0 Å². The Morgan fingerprint density at radius 2 is 1.96 bits per heavy atom. The Morgan fingerprint density at radius 3 is 2.48 bits per heavy atom. The molecule has 3 N–H and O–H groups in total. The lowest BCUT2D eigenvalue weighted by Gasteiger charge is -2.16. The Kier molecular flexibility index (Phi) is 5.17. The minimum absolute atomic E-state index is 0.318. The van der Waals surface area contributed by atoms with Crippen LogP contribution in [-0.2, 0) is 4.79 Å². The van der Waals surface area contributed by atoms with E-state index in [1.165, 1.54) is 0 Å². The summed E-state index contributed by atoms with van der Waals surface area (Å²) in [7, 11) is 0. The zero-order chi connectivity index (χ0) is 17.0. The first-order valence-electron chi connectivity index (χ1n) is 7.27. The highest BCUT2D eigenvalue weighted by atomic mass is 16.5. The van der Waals surface area contributed by atoms with E-state index in [9.17, 15) is 9.59 Å². The van der Waals surface area contributed by atoms with E-state index in [-0.39, 0.29) is 11.8 Å². The minimum Gasteiger partial charge on any atom is -0.466 e. The lowest BCUT2D eigenvalue weighted by atomic mass is 10.2. The lowest BCUT2D eigenvalue weighted by molar-refractivity contribution is -0.118. The van der Waals surface area contributed by atoms with E-state index in [1.807, 2.05) is 6.92 Å². The second-order valence-electron chi connectivity index (χ2n) is 5.20. The van der Waals surface area contributed by atoms with E-state index in [1.54, 1.807) is 32.9 Å². The van der Waals surface area contributed by atoms with E-state index in [0.29, 0.717) is 35.1 Å². The van der Waals surface area contributed by atoms with Crippen molar-refractivity contribution in [3.05, 3.63) is 35.0 Å². The number of anilines is 1. The van der Waals surface area contributed by atoms with E-state index in [0.717, 1.165) is 0 Å². The Morgan fingerprint density at radius 1 is 1.22 bits per heavy atom. The number of hydrazine groups is 1. The maximum absolute atomic E-state index is 12.1. The van der Waals surface area contributed by atoms with Crippen LogP contribution in [0.3, 0.4) is 0 Å². The minimum atomic E-state index is -0.607. The van der Waals surface area contributed by atoms with Crippen LogP contribution in [0.1, 0.15) is 41.0 Å². The first kappa shape index (κ1) is 16.8. The van der Waals surface area contributed by atoms with Crippen LogP contribution < -0.4 is 16.2 Å². The number of nitrogens with one attached hydrogen (secondary N) is 3. The molecule has 2 aromatic heterocycles. The molecule has 1 atom stereocenters. The van der Waals surface area contributed by atoms with Crippen molar-refractivity contribution in [1.82, 2.24) is 16.0 Å². The van der Waals surface area contributed by atoms with Crippen molar-refractivity contribution >= 4 is 17.6 Å². The quantitative estimate of drug-likeness (QED) is 0.701. The van der Waals surface area contributed by atoms with Crippen molar-refractivity contribution in [3.8, 4) is 0 Å². The zero-order valence-electron chi connectivity index (χ0n) is 13.5. The number of amides is 2. The molecule has 0 aliphatic heterocycles. The van der Waals surface area contributed by atoms with Gasteiger partial charge in [-0.1, -0.05) is 12.1 Å². The number of aryl methyl sites for hydroxylation is 3. The van der Waals surface area contributed by atoms with Crippen LogP contribution in [0.2, 0.25) is 0 Å². The molecule has 0 aliphatic rings. The van der Waals surface area contributed by atoms with Crippen LogP contribution in [0.5, 0.6) is 0 Å². The fourth-order valence-corrected chi connectivity index (χ4v) is 2.07. The molecule has 0 saturated heterocycles. The fraction of sp³-hybridized carbons (Fsp3) is 0.400. The van der Waals surface area contributed by atoms with Gasteiger partial charge in [0.1, 0.15) is 23.3 Å². The summed E-state index contributed by atoms with van der Waals surface area (Å²) in [4.78, 5) is 24.2. The van der Waals surface area contributed by atoms with Gasteiger partial charge in [0.05, 0.1) is 5.56 Å². The van der Waals surface area contributed by atoms with E-state index < -0.39 is 6.04 Å². The maximum Gasteiger partial charge on any atom is 0.268 e. The monoisotopic (exact) mass is 320 g/mol. The highest BCUT2D eigenvalue weighted by Crippen LogP contribution is 2.13. The van der Waals surface area contributed by atoms with Gasteiger partial charge in [-0.25, -0.2) is 5.43 Å². The first-order chi connectivity index (χ1) is 10.9. The molecule has 2 amide bonds. The predicted molar refractivity (Wildman–Crippen MR) is 82.7 cm³/mol. The standard InChI is InChI=1S/C15H20N4O4/c1-5-12(15(21)16-13-7-9(3)23-19-13)17-18-14(20)11-6-8(2)22-10(11)4/h6-7,12,17H,5H2,1-4H3,(H,18,20)(H,16,19,21). The average Bonchev–Trinajstić information content (AvgIpc) is 3.04. The van der Waals surface area contributed by atoms with Crippen LogP contribution in [0.4, 0.5) is 5.82 Å². The number of furan rings is 1. The maximum atomic E-state index is 12.1. The summed E-state index contributed by atoms with van der Waals surface area (Å²) in [6.45, 7) is 7.02. The van der Waals surface area contributed by atoms with Gasteiger partial charge in [-0.3, -0.25) is 15.0 Å². The third kappa shape index (κ3) is 4.19. The van der Waals surface area contributed by atoms with Gasteiger partial charge < -0.3 is 14.3 Å². The number of aromatic nitrogens is 1. The Bertz CT molecular complexity index is 704. The molecular weight excluding hydrogens is 300 g/mol. The van der Waals surface area contributed by atoms with Gasteiger partial charge in [0.2, 0.25) is 5.91 Å². The van der Waals surface area contributed by atoms with Gasteiger partial charge >= 0.3 is 0 Å². The van der Waals surface area contributed by atoms with Crippen molar-refractivity contribution in [2.75, 3.05) is 5.32 Å². The number of hydrogen-bond donors (Lipinski definition) is 3. The van der Waals surface area contributed by atoms with Crippen LogP contribution in [0.15, 0.2) is 21.1 Å². The first-order valence-corrected chi connectivity index (χ1v) is 7.27. The summed E-state index contributed by atoms with van der Waals surface area (Å²) in [5, 5.41) is 6.31. The fourth-order valence-electron chi connectivity index (χ4n) is 2.07. The molecule has 2 aromatic rings. The summed E-state index contributed by atoms with van der Waals surface area (Å²) < 4.78 is 10.2. The molecule has 8 heteroatoms. The molecular formula is C15H20N4O4. The van der Waals surface area contributed by atoms with Crippen LogP contribution >= 0.6 is 0 Å². The molecule has 0 bridgehead atoms. The lowest BCUT2D eigenvalue weighted by Crippen LogP contribution is -2.49. The molecule has 0 saturated carbocycles. The molecule has 2 heterocycles.